The van der Waals surface area contributed by atoms with Crippen molar-refractivity contribution in [1.29, 1.82) is 0 Å². The molecular formula is C18H18F2N4O2. The van der Waals surface area contributed by atoms with Crippen LogP contribution < -0.4 is 14.8 Å². The molecule has 0 radical (unpaired) electrons. The molecule has 1 aromatic heterocycles. The van der Waals surface area contributed by atoms with Gasteiger partial charge in [-0.15, -0.1) is 5.10 Å². The molecule has 0 atom stereocenters. The summed E-state index contributed by atoms with van der Waals surface area (Å²) in [6.07, 6.45) is 1.36. The lowest BCUT2D eigenvalue weighted by molar-refractivity contribution is 0.332. The SMILES string of the molecule is CCOc1ccc(OCC)c(Nc2ncn(-c3cc(F)cc(F)c3)n2)c1. The summed E-state index contributed by atoms with van der Waals surface area (Å²) in [7, 11) is 0. The molecule has 6 nitrogen and oxygen atoms in total. The van der Waals surface area contributed by atoms with Crippen molar-refractivity contribution >= 4 is 11.6 Å². The van der Waals surface area contributed by atoms with Crippen LogP contribution in [0.1, 0.15) is 13.8 Å². The minimum absolute atomic E-state index is 0.233. The van der Waals surface area contributed by atoms with Gasteiger partial charge in [0.2, 0.25) is 5.95 Å². The number of hydrogen-bond acceptors (Lipinski definition) is 5. The molecule has 26 heavy (non-hydrogen) atoms. The minimum Gasteiger partial charge on any atom is -0.494 e. The molecule has 0 amide bonds. The molecule has 136 valence electrons. The Labute approximate surface area is 149 Å². The van der Waals surface area contributed by atoms with Crippen LogP contribution in [0, 0.1) is 11.6 Å². The number of benzene rings is 2. The van der Waals surface area contributed by atoms with Crippen LogP contribution in [0.2, 0.25) is 0 Å². The second kappa shape index (κ2) is 7.81. The molecule has 2 aromatic carbocycles. The van der Waals surface area contributed by atoms with Gasteiger partial charge in [-0.3, -0.25) is 0 Å². The average molecular weight is 360 g/mol. The van der Waals surface area contributed by atoms with Crippen molar-refractivity contribution in [3.05, 3.63) is 54.4 Å². The molecule has 0 aliphatic heterocycles. The van der Waals surface area contributed by atoms with Crippen molar-refractivity contribution in [1.82, 2.24) is 14.8 Å². The fourth-order valence-corrected chi connectivity index (χ4v) is 2.38. The largest absolute Gasteiger partial charge is 0.494 e. The maximum absolute atomic E-state index is 13.4. The molecule has 3 rings (SSSR count). The van der Waals surface area contributed by atoms with Gasteiger partial charge >= 0.3 is 0 Å². The highest BCUT2D eigenvalue weighted by atomic mass is 19.1. The number of hydrogen-bond donors (Lipinski definition) is 1. The first-order valence-electron chi connectivity index (χ1n) is 8.14. The maximum Gasteiger partial charge on any atom is 0.247 e. The highest BCUT2D eigenvalue weighted by Crippen LogP contribution is 2.31. The van der Waals surface area contributed by atoms with Gasteiger partial charge in [-0.2, -0.15) is 4.98 Å². The van der Waals surface area contributed by atoms with Crippen molar-refractivity contribution in [2.75, 3.05) is 18.5 Å². The zero-order chi connectivity index (χ0) is 18.5. The van der Waals surface area contributed by atoms with Crippen molar-refractivity contribution < 1.29 is 18.3 Å². The molecule has 0 fully saturated rings. The lowest BCUT2D eigenvalue weighted by atomic mass is 10.2. The number of nitrogens with zero attached hydrogens (tertiary/aromatic N) is 3. The standard InChI is InChI=1S/C18H18F2N4O2/c1-3-25-15-5-6-17(26-4-2)16(10-15)22-18-21-11-24(23-18)14-8-12(19)7-13(20)9-14/h5-11H,3-4H2,1-2H3,(H,22,23). The van der Waals surface area contributed by atoms with E-state index in [2.05, 4.69) is 15.4 Å². The highest BCUT2D eigenvalue weighted by molar-refractivity contribution is 5.64. The van der Waals surface area contributed by atoms with E-state index in [1.165, 1.54) is 23.1 Å². The monoisotopic (exact) mass is 360 g/mol. The van der Waals surface area contributed by atoms with E-state index in [4.69, 9.17) is 9.47 Å². The summed E-state index contributed by atoms with van der Waals surface area (Å²) in [6.45, 7) is 4.80. The van der Waals surface area contributed by atoms with Crippen LogP contribution in [0.5, 0.6) is 11.5 Å². The Hall–Kier alpha value is -3.16. The van der Waals surface area contributed by atoms with Gasteiger partial charge in [0.1, 0.15) is 29.5 Å². The van der Waals surface area contributed by atoms with Gasteiger partial charge in [0.15, 0.2) is 0 Å². The van der Waals surface area contributed by atoms with E-state index >= 15 is 0 Å². The van der Waals surface area contributed by atoms with Crippen LogP contribution in [0.3, 0.4) is 0 Å². The number of halogens is 2. The minimum atomic E-state index is -0.687. The summed E-state index contributed by atoms with van der Waals surface area (Å²) < 4.78 is 39.1. The number of anilines is 2. The quantitative estimate of drug-likeness (QED) is 0.688. The fraction of sp³-hybridized carbons (Fsp3) is 0.222. The van der Waals surface area contributed by atoms with Crippen LogP contribution in [0.25, 0.3) is 5.69 Å². The summed E-state index contributed by atoms with van der Waals surface area (Å²) in [5.41, 5.74) is 0.858. The summed E-state index contributed by atoms with van der Waals surface area (Å²) in [4.78, 5) is 4.12. The van der Waals surface area contributed by atoms with Gasteiger partial charge in [-0.1, -0.05) is 0 Å². The predicted molar refractivity (Wildman–Crippen MR) is 93.3 cm³/mol. The van der Waals surface area contributed by atoms with Crippen LogP contribution in [0.4, 0.5) is 20.4 Å². The molecular weight excluding hydrogens is 342 g/mol. The third kappa shape index (κ3) is 4.08. The van der Waals surface area contributed by atoms with Gasteiger partial charge in [0, 0.05) is 12.1 Å². The van der Waals surface area contributed by atoms with E-state index in [-0.39, 0.29) is 11.6 Å². The summed E-state index contributed by atoms with van der Waals surface area (Å²) in [5, 5.41) is 7.24. The molecule has 0 spiro atoms. The zero-order valence-corrected chi connectivity index (χ0v) is 14.4. The second-order valence-electron chi connectivity index (χ2n) is 5.29. The van der Waals surface area contributed by atoms with Crippen molar-refractivity contribution in [2.24, 2.45) is 0 Å². The van der Waals surface area contributed by atoms with Gasteiger partial charge < -0.3 is 14.8 Å². The van der Waals surface area contributed by atoms with Crippen LogP contribution in [-0.2, 0) is 0 Å². The van der Waals surface area contributed by atoms with Gasteiger partial charge in [0.25, 0.3) is 0 Å². The highest BCUT2D eigenvalue weighted by Gasteiger charge is 2.10. The van der Waals surface area contributed by atoms with Crippen LogP contribution in [-0.4, -0.2) is 28.0 Å². The Morgan fingerprint density at radius 2 is 1.73 bits per heavy atom. The Kier molecular flexibility index (Phi) is 5.31. The molecule has 0 aliphatic carbocycles. The fourth-order valence-electron chi connectivity index (χ4n) is 2.38. The number of ether oxygens (including phenoxy) is 2. The number of aromatic nitrogens is 3. The third-order valence-corrected chi connectivity index (χ3v) is 3.41. The molecule has 1 heterocycles. The van der Waals surface area contributed by atoms with Gasteiger partial charge in [0.05, 0.1) is 24.6 Å². The molecule has 0 bridgehead atoms. The Bertz CT molecular complexity index is 878. The first kappa shape index (κ1) is 17.7. The van der Waals surface area contributed by atoms with Gasteiger partial charge in [-0.25, -0.2) is 13.5 Å². The molecule has 0 saturated heterocycles. The van der Waals surface area contributed by atoms with E-state index in [9.17, 15) is 8.78 Å². The zero-order valence-electron chi connectivity index (χ0n) is 14.4. The predicted octanol–water partition coefficient (Wildman–Crippen LogP) is 4.09. The smallest absolute Gasteiger partial charge is 0.247 e. The lowest BCUT2D eigenvalue weighted by Gasteiger charge is -2.12. The molecule has 3 aromatic rings. The topological polar surface area (TPSA) is 61.2 Å². The normalized spacial score (nSPS) is 10.6. The Balaban J connectivity index is 1.87. The molecule has 8 heteroatoms. The summed E-state index contributed by atoms with van der Waals surface area (Å²) in [5.74, 6) is 0.166. The molecule has 0 saturated carbocycles. The van der Waals surface area contributed by atoms with Crippen molar-refractivity contribution in [3.63, 3.8) is 0 Å². The summed E-state index contributed by atoms with van der Waals surface area (Å²) in [6, 6.07) is 8.51. The van der Waals surface area contributed by atoms with Crippen molar-refractivity contribution in [3.8, 4) is 17.2 Å². The number of nitrogens with one attached hydrogen (secondary N) is 1. The molecule has 0 aliphatic rings. The number of rotatable bonds is 7. The molecule has 0 unspecified atom stereocenters. The first-order chi connectivity index (χ1) is 12.6. The van der Waals surface area contributed by atoms with E-state index in [1.807, 2.05) is 13.8 Å². The average Bonchev–Trinajstić information content (AvgIpc) is 3.05. The van der Waals surface area contributed by atoms with Crippen LogP contribution in [0.15, 0.2) is 42.7 Å². The van der Waals surface area contributed by atoms with E-state index in [0.29, 0.717) is 30.4 Å². The Morgan fingerprint density at radius 1 is 1.00 bits per heavy atom. The maximum atomic E-state index is 13.4. The van der Waals surface area contributed by atoms with Crippen molar-refractivity contribution in [2.45, 2.75) is 13.8 Å². The van der Waals surface area contributed by atoms with E-state index in [0.717, 1.165) is 6.07 Å². The molecule has 1 N–H and O–H groups in total. The summed E-state index contributed by atoms with van der Waals surface area (Å²) >= 11 is 0. The third-order valence-electron chi connectivity index (χ3n) is 3.41. The first-order valence-corrected chi connectivity index (χ1v) is 8.14. The Morgan fingerprint density at radius 3 is 2.42 bits per heavy atom. The second-order valence-corrected chi connectivity index (χ2v) is 5.29. The van der Waals surface area contributed by atoms with Crippen LogP contribution >= 0.6 is 0 Å². The van der Waals surface area contributed by atoms with Gasteiger partial charge in [-0.05, 0) is 38.1 Å². The lowest BCUT2D eigenvalue weighted by Crippen LogP contribution is -2.02. The van der Waals surface area contributed by atoms with E-state index in [1.54, 1.807) is 18.2 Å². The van der Waals surface area contributed by atoms with E-state index < -0.39 is 11.6 Å².